The lowest BCUT2D eigenvalue weighted by molar-refractivity contribution is 0.234. The van der Waals surface area contributed by atoms with E-state index in [9.17, 15) is 0 Å². The van der Waals surface area contributed by atoms with Gasteiger partial charge in [0.25, 0.3) is 0 Å². The maximum atomic E-state index is 6.05. The Morgan fingerprint density at radius 3 is 2.65 bits per heavy atom. The van der Waals surface area contributed by atoms with E-state index in [1.807, 2.05) is 6.92 Å². The van der Waals surface area contributed by atoms with E-state index in [0.29, 0.717) is 16.8 Å². The fourth-order valence-electron chi connectivity index (χ4n) is 2.16. The molecule has 98 valence electrons. The second-order valence-electron chi connectivity index (χ2n) is 4.51. The number of rotatable bonds is 5. The molecule has 5 heteroatoms. The zero-order valence-electron chi connectivity index (χ0n) is 10.9. The van der Waals surface area contributed by atoms with E-state index in [0.717, 1.165) is 18.5 Å². The van der Waals surface area contributed by atoms with Crippen molar-refractivity contribution in [2.24, 2.45) is 22.5 Å². The summed E-state index contributed by atoms with van der Waals surface area (Å²) in [5, 5.41) is 2.05. The van der Waals surface area contributed by atoms with Crippen LogP contribution in [0.4, 0.5) is 0 Å². The molecule has 0 spiro atoms. The molecule has 0 amide bonds. The Bertz CT molecular complexity index is 324. The van der Waals surface area contributed by atoms with Gasteiger partial charge in [0.15, 0.2) is 5.17 Å². The van der Waals surface area contributed by atoms with Gasteiger partial charge in [0.05, 0.1) is 11.4 Å². The normalized spacial score (nSPS) is 22.8. The van der Waals surface area contributed by atoms with E-state index >= 15 is 0 Å². The highest BCUT2D eigenvalue weighted by Gasteiger charge is 2.28. The zero-order valence-corrected chi connectivity index (χ0v) is 11.7. The molecule has 2 unspecified atom stereocenters. The van der Waals surface area contributed by atoms with Crippen LogP contribution in [0.15, 0.2) is 16.4 Å². The second kappa shape index (κ2) is 6.26. The van der Waals surface area contributed by atoms with Crippen molar-refractivity contribution in [2.45, 2.75) is 52.6 Å². The van der Waals surface area contributed by atoms with Gasteiger partial charge in [0.1, 0.15) is 6.17 Å². The molecule has 0 aromatic rings. The topological polar surface area (TPSA) is 67.6 Å². The molecule has 1 rings (SSSR count). The Kier molecular flexibility index (Phi) is 5.28. The van der Waals surface area contributed by atoms with E-state index in [1.165, 1.54) is 12.8 Å². The molecule has 0 fully saturated rings. The van der Waals surface area contributed by atoms with Gasteiger partial charge in [0.2, 0.25) is 0 Å². The van der Waals surface area contributed by atoms with E-state index in [4.69, 9.17) is 23.2 Å². The third-order valence-electron chi connectivity index (χ3n) is 3.26. The van der Waals surface area contributed by atoms with Crippen LogP contribution in [-0.2, 0) is 0 Å². The van der Waals surface area contributed by atoms with Crippen LogP contribution in [0.1, 0.15) is 46.5 Å². The van der Waals surface area contributed by atoms with Gasteiger partial charge in [-0.05, 0) is 19.8 Å². The summed E-state index contributed by atoms with van der Waals surface area (Å²) >= 11 is 6.04. The molecule has 4 N–H and O–H groups in total. The second-order valence-corrected chi connectivity index (χ2v) is 4.86. The number of unbranched alkanes of at least 4 members (excludes halogenated alkanes) is 1. The maximum Gasteiger partial charge on any atom is 0.150 e. The van der Waals surface area contributed by atoms with Crippen LogP contribution >= 0.6 is 11.6 Å². The quantitative estimate of drug-likeness (QED) is 0.745. The third-order valence-corrected chi connectivity index (χ3v) is 3.57. The molecular formula is C12H23ClN4. The van der Waals surface area contributed by atoms with E-state index in [1.54, 1.807) is 5.01 Å². The molecular weight excluding hydrogens is 236 g/mol. The average Bonchev–Trinajstić information content (AvgIpc) is 2.31. The van der Waals surface area contributed by atoms with Crippen LogP contribution < -0.4 is 11.6 Å². The van der Waals surface area contributed by atoms with Crippen LogP contribution in [0, 0.1) is 5.92 Å². The Morgan fingerprint density at radius 1 is 1.47 bits per heavy atom. The van der Waals surface area contributed by atoms with Crippen molar-refractivity contribution in [1.29, 1.82) is 0 Å². The zero-order chi connectivity index (χ0) is 13.0. The number of aliphatic imine (C=N–C) groups is 1. The van der Waals surface area contributed by atoms with E-state index in [2.05, 4.69) is 18.8 Å². The van der Waals surface area contributed by atoms with E-state index < -0.39 is 0 Å². The Hall–Kier alpha value is -0.740. The van der Waals surface area contributed by atoms with Crippen molar-refractivity contribution in [3.8, 4) is 0 Å². The van der Waals surface area contributed by atoms with Gasteiger partial charge in [-0.15, -0.1) is 0 Å². The third kappa shape index (κ3) is 3.13. The summed E-state index contributed by atoms with van der Waals surface area (Å²) in [6.45, 7) is 6.25. The number of hydrazine groups is 1. The summed E-state index contributed by atoms with van der Waals surface area (Å²) in [6, 6.07) is 0. The number of halogens is 1. The van der Waals surface area contributed by atoms with Crippen molar-refractivity contribution in [3.05, 3.63) is 11.4 Å². The Balaban J connectivity index is 2.97. The maximum absolute atomic E-state index is 6.05. The molecule has 0 saturated carbocycles. The smallest absolute Gasteiger partial charge is 0.150 e. The monoisotopic (exact) mass is 258 g/mol. The number of hydrogen-bond donors (Lipinski definition) is 2. The fourth-order valence-corrected chi connectivity index (χ4v) is 2.40. The molecule has 0 radical (unpaired) electrons. The summed E-state index contributed by atoms with van der Waals surface area (Å²) in [6.07, 6.45) is 4.31. The van der Waals surface area contributed by atoms with Gasteiger partial charge < -0.3 is 5.73 Å². The lowest BCUT2D eigenvalue weighted by atomic mass is 9.93. The molecule has 1 heterocycles. The van der Waals surface area contributed by atoms with Gasteiger partial charge >= 0.3 is 0 Å². The summed E-state index contributed by atoms with van der Waals surface area (Å²) < 4.78 is 0. The molecule has 0 bridgehead atoms. The van der Waals surface area contributed by atoms with Crippen molar-refractivity contribution in [2.75, 3.05) is 0 Å². The number of allylic oxidation sites excluding steroid dienone is 2. The van der Waals surface area contributed by atoms with Crippen LogP contribution in [0.2, 0.25) is 0 Å². The van der Waals surface area contributed by atoms with Gasteiger partial charge in [-0.3, -0.25) is 5.01 Å². The number of nitrogens with two attached hydrogens (primary N) is 2. The van der Waals surface area contributed by atoms with Crippen molar-refractivity contribution in [3.63, 3.8) is 0 Å². The van der Waals surface area contributed by atoms with Crippen molar-refractivity contribution >= 4 is 16.8 Å². The van der Waals surface area contributed by atoms with Crippen LogP contribution in [-0.4, -0.2) is 16.3 Å². The highest BCUT2D eigenvalue weighted by molar-refractivity contribution is 6.69. The first kappa shape index (κ1) is 14.3. The molecule has 2 atom stereocenters. The van der Waals surface area contributed by atoms with Gasteiger partial charge in [0, 0.05) is 5.92 Å². The Labute approximate surface area is 109 Å². The number of hydrogen-bond acceptors (Lipinski definition) is 4. The van der Waals surface area contributed by atoms with Crippen molar-refractivity contribution < 1.29 is 0 Å². The predicted molar refractivity (Wildman–Crippen MR) is 73.3 cm³/mol. The molecule has 0 saturated heterocycles. The lowest BCUT2D eigenvalue weighted by Crippen LogP contribution is -2.45. The standard InChI is InChI=1S/C12H23ClN4/c1-4-6-7-9(5-2)11-10(14)12(13)16-8(3)17(11)15/h8-9H,4-7,14-15H2,1-3H3. The van der Waals surface area contributed by atoms with Crippen LogP contribution in [0.3, 0.4) is 0 Å². The van der Waals surface area contributed by atoms with Gasteiger partial charge in [-0.2, -0.15) is 0 Å². The highest BCUT2D eigenvalue weighted by atomic mass is 35.5. The minimum atomic E-state index is -0.138. The molecule has 1 aliphatic heterocycles. The minimum Gasteiger partial charge on any atom is -0.395 e. The van der Waals surface area contributed by atoms with Crippen molar-refractivity contribution in [1.82, 2.24) is 5.01 Å². The molecule has 0 aromatic heterocycles. The van der Waals surface area contributed by atoms with Gasteiger partial charge in [-0.25, -0.2) is 10.8 Å². The molecule has 0 aliphatic carbocycles. The predicted octanol–water partition coefficient (Wildman–Crippen LogP) is 2.55. The van der Waals surface area contributed by atoms with E-state index in [-0.39, 0.29) is 6.17 Å². The lowest BCUT2D eigenvalue weighted by Gasteiger charge is -2.35. The molecule has 1 aliphatic rings. The summed E-state index contributed by atoms with van der Waals surface area (Å²) in [7, 11) is 0. The largest absolute Gasteiger partial charge is 0.395 e. The minimum absolute atomic E-state index is 0.138. The first-order valence-electron chi connectivity index (χ1n) is 6.30. The van der Waals surface area contributed by atoms with Gasteiger partial charge in [-0.1, -0.05) is 38.3 Å². The highest BCUT2D eigenvalue weighted by Crippen LogP contribution is 2.29. The van der Waals surface area contributed by atoms with Crippen LogP contribution in [0.25, 0.3) is 0 Å². The average molecular weight is 259 g/mol. The first-order valence-corrected chi connectivity index (χ1v) is 6.67. The summed E-state index contributed by atoms with van der Waals surface area (Å²) in [5.74, 6) is 6.42. The number of nitrogens with zero attached hydrogens (tertiary/aromatic N) is 2. The Morgan fingerprint density at radius 2 is 2.12 bits per heavy atom. The van der Waals surface area contributed by atoms with Crippen LogP contribution in [0.5, 0.6) is 0 Å². The summed E-state index contributed by atoms with van der Waals surface area (Å²) in [5.41, 5.74) is 7.51. The SMILES string of the molecule is CCCCC(CC)C1=C(N)C(Cl)=NC(C)N1N. The first-order chi connectivity index (χ1) is 8.02. The molecule has 17 heavy (non-hydrogen) atoms. The fraction of sp³-hybridized carbons (Fsp3) is 0.750. The molecule has 4 nitrogen and oxygen atoms in total. The summed E-state index contributed by atoms with van der Waals surface area (Å²) in [4.78, 5) is 4.19. The molecule has 0 aromatic carbocycles.